The lowest BCUT2D eigenvalue weighted by Crippen LogP contribution is -2.19. The van der Waals surface area contributed by atoms with Crippen LogP contribution >= 0.6 is 0 Å². The zero-order valence-corrected chi connectivity index (χ0v) is 14.0. The number of hydrogen-bond donors (Lipinski definition) is 2. The third-order valence-electron chi connectivity index (χ3n) is 3.97. The van der Waals surface area contributed by atoms with Crippen LogP contribution in [0.1, 0.15) is 29.1 Å². The monoisotopic (exact) mass is 338 g/mol. The predicted molar refractivity (Wildman–Crippen MR) is 95.1 cm³/mol. The molecule has 5 heteroatoms. The molecule has 0 aliphatic heterocycles. The zero-order chi connectivity index (χ0) is 17.8. The van der Waals surface area contributed by atoms with Crippen molar-refractivity contribution in [2.24, 2.45) is 0 Å². The van der Waals surface area contributed by atoms with E-state index in [0.717, 1.165) is 5.56 Å². The molecule has 0 aliphatic rings. The molecule has 2 aromatic carbocycles. The van der Waals surface area contributed by atoms with Crippen LogP contribution in [0.25, 0.3) is 11.3 Å². The molecule has 128 valence electrons. The Balaban J connectivity index is 1.97. The molecule has 2 N–H and O–H groups in total. The largest absolute Gasteiger partial charge is 0.484 e. The number of nitrogens with one attached hydrogen (secondary N) is 2. The van der Waals surface area contributed by atoms with E-state index in [1.165, 1.54) is 13.1 Å². The lowest BCUT2D eigenvalue weighted by Gasteiger charge is -2.14. The maximum Gasteiger partial charge on any atom is 0.271 e. The summed E-state index contributed by atoms with van der Waals surface area (Å²) >= 11 is 0. The molecule has 3 rings (SSSR count). The van der Waals surface area contributed by atoms with E-state index in [9.17, 15) is 9.18 Å². The standard InChI is InChI=1S/C20H19FN2O2/c1-13(14-8-4-3-5-9-14)25-18-12-17(23-19(18)20(24)22-2)15-10-6-7-11-16(15)21/h3-13,23H,1-2H3,(H,22,24). The second-order valence-corrected chi connectivity index (χ2v) is 5.65. The van der Waals surface area contributed by atoms with Gasteiger partial charge in [0.25, 0.3) is 5.91 Å². The number of carbonyl (C=O) groups excluding carboxylic acids is 1. The average molecular weight is 338 g/mol. The van der Waals surface area contributed by atoms with Crippen LogP contribution in [0.5, 0.6) is 5.75 Å². The first-order chi connectivity index (χ1) is 12.1. The molecule has 0 saturated heterocycles. The Morgan fingerprint density at radius 1 is 1.12 bits per heavy atom. The van der Waals surface area contributed by atoms with Crippen LogP contribution in [0.4, 0.5) is 4.39 Å². The third-order valence-corrected chi connectivity index (χ3v) is 3.97. The summed E-state index contributed by atoms with van der Waals surface area (Å²) in [5.41, 5.74) is 2.13. The Bertz CT molecular complexity index is 874. The number of aromatic amines is 1. The minimum absolute atomic E-state index is 0.256. The molecule has 0 aliphatic carbocycles. The van der Waals surface area contributed by atoms with Gasteiger partial charge in [-0.15, -0.1) is 0 Å². The summed E-state index contributed by atoms with van der Waals surface area (Å²) in [5, 5.41) is 2.57. The Hall–Kier alpha value is -3.08. The van der Waals surface area contributed by atoms with Crippen LogP contribution < -0.4 is 10.1 Å². The number of rotatable bonds is 5. The van der Waals surface area contributed by atoms with E-state index in [0.29, 0.717) is 17.0 Å². The summed E-state index contributed by atoms with van der Waals surface area (Å²) in [6, 6.07) is 17.7. The summed E-state index contributed by atoms with van der Waals surface area (Å²) in [5.74, 6) is -0.304. The van der Waals surface area contributed by atoms with Gasteiger partial charge in [-0.1, -0.05) is 42.5 Å². The van der Waals surface area contributed by atoms with Gasteiger partial charge in [0.05, 0.1) is 5.69 Å². The van der Waals surface area contributed by atoms with Crippen molar-refractivity contribution < 1.29 is 13.9 Å². The molecule has 1 aromatic heterocycles. The number of carbonyl (C=O) groups is 1. The fraction of sp³-hybridized carbons (Fsp3) is 0.150. The number of hydrogen-bond acceptors (Lipinski definition) is 2. The quantitative estimate of drug-likeness (QED) is 0.728. The van der Waals surface area contributed by atoms with Crippen LogP contribution in [0.2, 0.25) is 0 Å². The van der Waals surface area contributed by atoms with Crippen molar-refractivity contribution in [2.45, 2.75) is 13.0 Å². The SMILES string of the molecule is CNC(=O)c1[nH]c(-c2ccccc2F)cc1OC(C)c1ccccc1. The van der Waals surface area contributed by atoms with Crippen molar-refractivity contribution in [3.8, 4) is 17.0 Å². The minimum atomic E-state index is -0.366. The summed E-state index contributed by atoms with van der Waals surface area (Å²) in [6.45, 7) is 1.90. The third kappa shape index (κ3) is 3.55. The number of amides is 1. The number of halogens is 1. The van der Waals surface area contributed by atoms with Gasteiger partial charge < -0.3 is 15.0 Å². The minimum Gasteiger partial charge on any atom is -0.484 e. The van der Waals surface area contributed by atoms with E-state index in [1.807, 2.05) is 37.3 Å². The van der Waals surface area contributed by atoms with Gasteiger partial charge in [0, 0.05) is 18.7 Å². The number of benzene rings is 2. The fourth-order valence-corrected chi connectivity index (χ4v) is 2.63. The second kappa shape index (κ2) is 7.21. The first-order valence-electron chi connectivity index (χ1n) is 8.01. The number of ether oxygens (including phenoxy) is 1. The Labute approximate surface area is 145 Å². The normalized spacial score (nSPS) is 11.8. The summed E-state index contributed by atoms with van der Waals surface area (Å²) in [4.78, 5) is 15.1. The molecule has 25 heavy (non-hydrogen) atoms. The van der Waals surface area contributed by atoms with Crippen molar-refractivity contribution in [1.29, 1.82) is 0 Å². The highest BCUT2D eigenvalue weighted by Gasteiger charge is 2.20. The van der Waals surface area contributed by atoms with Crippen LogP contribution in [-0.4, -0.2) is 17.9 Å². The highest BCUT2D eigenvalue weighted by atomic mass is 19.1. The molecule has 0 spiro atoms. The highest BCUT2D eigenvalue weighted by molar-refractivity contribution is 5.96. The van der Waals surface area contributed by atoms with Gasteiger partial charge in [0.2, 0.25) is 0 Å². The van der Waals surface area contributed by atoms with Gasteiger partial charge in [-0.25, -0.2) is 4.39 Å². The smallest absolute Gasteiger partial charge is 0.271 e. The van der Waals surface area contributed by atoms with E-state index < -0.39 is 0 Å². The molecule has 3 aromatic rings. The second-order valence-electron chi connectivity index (χ2n) is 5.65. The van der Waals surface area contributed by atoms with E-state index >= 15 is 0 Å². The lowest BCUT2D eigenvalue weighted by atomic mass is 10.1. The highest BCUT2D eigenvalue weighted by Crippen LogP contribution is 2.31. The Kier molecular flexibility index (Phi) is 4.84. The van der Waals surface area contributed by atoms with Gasteiger partial charge >= 0.3 is 0 Å². The van der Waals surface area contributed by atoms with Gasteiger partial charge in [-0.3, -0.25) is 4.79 Å². The summed E-state index contributed by atoms with van der Waals surface area (Å²) in [6.07, 6.45) is -0.256. The molecular formula is C20H19FN2O2. The van der Waals surface area contributed by atoms with E-state index in [2.05, 4.69) is 10.3 Å². The predicted octanol–water partition coefficient (Wildman–Crippen LogP) is 4.32. The van der Waals surface area contributed by atoms with Crippen molar-refractivity contribution in [3.63, 3.8) is 0 Å². The molecule has 0 saturated carbocycles. The molecule has 0 radical (unpaired) electrons. The Morgan fingerprint density at radius 2 is 1.80 bits per heavy atom. The first kappa shape index (κ1) is 16.8. The fourth-order valence-electron chi connectivity index (χ4n) is 2.63. The van der Waals surface area contributed by atoms with Gasteiger partial charge in [-0.2, -0.15) is 0 Å². The first-order valence-corrected chi connectivity index (χ1v) is 8.01. The van der Waals surface area contributed by atoms with Crippen molar-refractivity contribution >= 4 is 5.91 Å². The Morgan fingerprint density at radius 3 is 2.48 bits per heavy atom. The van der Waals surface area contributed by atoms with Gasteiger partial charge in [0.1, 0.15) is 17.6 Å². The van der Waals surface area contributed by atoms with Crippen molar-refractivity contribution in [2.75, 3.05) is 7.05 Å². The van der Waals surface area contributed by atoms with E-state index in [-0.39, 0.29) is 23.5 Å². The number of aromatic nitrogens is 1. The van der Waals surface area contributed by atoms with Crippen LogP contribution in [0, 0.1) is 5.82 Å². The summed E-state index contributed by atoms with van der Waals surface area (Å²) in [7, 11) is 1.54. The van der Waals surface area contributed by atoms with E-state index in [4.69, 9.17) is 4.74 Å². The molecule has 1 heterocycles. The number of H-pyrrole nitrogens is 1. The maximum atomic E-state index is 14.1. The molecule has 4 nitrogen and oxygen atoms in total. The van der Waals surface area contributed by atoms with E-state index in [1.54, 1.807) is 24.3 Å². The lowest BCUT2D eigenvalue weighted by molar-refractivity contribution is 0.0952. The van der Waals surface area contributed by atoms with Crippen LogP contribution in [0.15, 0.2) is 60.7 Å². The van der Waals surface area contributed by atoms with Gasteiger partial charge in [0.15, 0.2) is 5.75 Å². The zero-order valence-electron chi connectivity index (χ0n) is 14.0. The molecular weight excluding hydrogens is 319 g/mol. The summed E-state index contributed by atoms with van der Waals surface area (Å²) < 4.78 is 20.0. The molecule has 0 bridgehead atoms. The average Bonchev–Trinajstić information content (AvgIpc) is 3.05. The van der Waals surface area contributed by atoms with Crippen LogP contribution in [-0.2, 0) is 0 Å². The molecule has 1 unspecified atom stereocenters. The molecule has 0 fully saturated rings. The van der Waals surface area contributed by atoms with Gasteiger partial charge in [-0.05, 0) is 24.6 Å². The molecule has 1 atom stereocenters. The maximum absolute atomic E-state index is 14.1. The van der Waals surface area contributed by atoms with Crippen molar-refractivity contribution in [3.05, 3.63) is 77.7 Å². The molecule has 1 amide bonds. The van der Waals surface area contributed by atoms with Crippen molar-refractivity contribution in [1.82, 2.24) is 10.3 Å². The van der Waals surface area contributed by atoms with Crippen LogP contribution in [0.3, 0.4) is 0 Å². The topological polar surface area (TPSA) is 54.1 Å².